The van der Waals surface area contributed by atoms with E-state index in [2.05, 4.69) is 4.90 Å². The molecule has 0 aromatic heterocycles. The molecule has 2 fully saturated rings. The molecule has 1 aliphatic carbocycles. The first-order valence-electron chi connectivity index (χ1n) is 7.43. The minimum absolute atomic E-state index is 0.326. The molecule has 0 radical (unpaired) electrons. The zero-order valence-electron chi connectivity index (χ0n) is 11.5. The summed E-state index contributed by atoms with van der Waals surface area (Å²) in [5.74, 6) is 0.684. The number of carboxylic acids is 1. The van der Waals surface area contributed by atoms with E-state index in [9.17, 15) is 9.90 Å². The van der Waals surface area contributed by atoms with E-state index in [0.29, 0.717) is 10.6 Å². The Hall–Kier alpha value is -1.22. The Bertz CT molecular complexity index is 517. The van der Waals surface area contributed by atoms with Gasteiger partial charge in [-0.1, -0.05) is 30.9 Å². The predicted octanol–water partition coefficient (Wildman–Crippen LogP) is 4.05. The molecule has 2 atom stereocenters. The number of anilines is 1. The normalized spacial score (nSPS) is 26.1. The van der Waals surface area contributed by atoms with Crippen LogP contribution in [0.4, 0.5) is 5.69 Å². The lowest BCUT2D eigenvalue weighted by atomic mass is 9.75. The topological polar surface area (TPSA) is 40.5 Å². The Morgan fingerprint density at radius 2 is 1.95 bits per heavy atom. The summed E-state index contributed by atoms with van der Waals surface area (Å²) in [5, 5.41) is 9.85. The molecular weight excluding hydrogens is 274 g/mol. The average molecular weight is 294 g/mol. The van der Waals surface area contributed by atoms with Crippen LogP contribution >= 0.6 is 11.6 Å². The Kier molecular flexibility index (Phi) is 3.88. The predicted molar refractivity (Wildman–Crippen MR) is 80.7 cm³/mol. The minimum Gasteiger partial charge on any atom is -0.478 e. The van der Waals surface area contributed by atoms with Crippen molar-refractivity contribution in [3.63, 3.8) is 0 Å². The van der Waals surface area contributed by atoms with Crippen molar-refractivity contribution in [2.75, 3.05) is 18.0 Å². The van der Waals surface area contributed by atoms with E-state index < -0.39 is 5.97 Å². The number of rotatable bonds is 2. The second kappa shape index (κ2) is 5.65. The third-order valence-electron chi connectivity index (χ3n) is 4.82. The number of carboxylic acid groups (broad SMARTS) is 1. The molecular formula is C16H20ClNO2. The lowest BCUT2D eigenvalue weighted by Gasteiger charge is -2.42. The number of halogens is 1. The maximum Gasteiger partial charge on any atom is 0.337 e. The Labute approximate surface area is 124 Å². The molecule has 0 spiro atoms. The monoisotopic (exact) mass is 293 g/mol. The Morgan fingerprint density at radius 3 is 2.70 bits per heavy atom. The molecule has 1 heterocycles. The lowest BCUT2D eigenvalue weighted by molar-refractivity contribution is 0.0697. The summed E-state index contributed by atoms with van der Waals surface area (Å²) < 4.78 is 0. The molecule has 2 unspecified atom stereocenters. The van der Waals surface area contributed by atoms with Gasteiger partial charge in [0.15, 0.2) is 0 Å². The van der Waals surface area contributed by atoms with Crippen molar-refractivity contribution < 1.29 is 9.90 Å². The van der Waals surface area contributed by atoms with E-state index in [1.54, 1.807) is 12.1 Å². The quantitative estimate of drug-likeness (QED) is 0.894. The van der Waals surface area contributed by atoms with Gasteiger partial charge in [-0.25, -0.2) is 4.79 Å². The van der Waals surface area contributed by atoms with Crippen molar-refractivity contribution >= 4 is 23.3 Å². The number of hydrogen-bond donors (Lipinski definition) is 1. The molecule has 1 aromatic rings. The summed E-state index contributed by atoms with van der Waals surface area (Å²) in [6, 6.07) is 5.21. The molecule has 108 valence electrons. The molecule has 1 aliphatic heterocycles. The average Bonchev–Trinajstić information content (AvgIpc) is 2.46. The summed E-state index contributed by atoms with van der Waals surface area (Å²) in [4.78, 5) is 13.7. The van der Waals surface area contributed by atoms with E-state index in [0.717, 1.165) is 30.6 Å². The highest BCUT2D eigenvalue weighted by Gasteiger charge is 2.32. The SMILES string of the molecule is O=C(O)c1cc(Cl)ccc1N1CCC2CCCCC2C1. The number of aromatic carboxylic acids is 1. The standard InChI is InChI=1S/C16H20ClNO2/c17-13-5-6-15(14(9-13)16(19)20)18-8-7-11-3-1-2-4-12(11)10-18/h5-6,9,11-12H,1-4,7-8,10H2,(H,19,20). The zero-order valence-corrected chi connectivity index (χ0v) is 12.3. The van der Waals surface area contributed by atoms with Gasteiger partial charge in [0, 0.05) is 18.1 Å². The van der Waals surface area contributed by atoms with Crippen molar-refractivity contribution in [1.29, 1.82) is 0 Å². The number of nitrogens with zero attached hydrogens (tertiary/aromatic N) is 1. The van der Waals surface area contributed by atoms with Gasteiger partial charge >= 0.3 is 5.97 Å². The van der Waals surface area contributed by atoms with Crippen LogP contribution in [0.15, 0.2) is 18.2 Å². The lowest BCUT2D eigenvalue weighted by Crippen LogP contribution is -2.42. The van der Waals surface area contributed by atoms with Crippen molar-refractivity contribution in [3.05, 3.63) is 28.8 Å². The molecule has 2 aliphatic rings. The number of carbonyl (C=O) groups is 1. The van der Waals surface area contributed by atoms with Crippen LogP contribution in [0.1, 0.15) is 42.5 Å². The second-order valence-electron chi connectivity index (χ2n) is 6.01. The van der Waals surface area contributed by atoms with Crippen molar-refractivity contribution in [2.24, 2.45) is 11.8 Å². The van der Waals surface area contributed by atoms with Crippen molar-refractivity contribution in [2.45, 2.75) is 32.1 Å². The van der Waals surface area contributed by atoms with Crippen LogP contribution in [0, 0.1) is 11.8 Å². The van der Waals surface area contributed by atoms with E-state index in [1.165, 1.54) is 32.1 Å². The van der Waals surface area contributed by atoms with Gasteiger partial charge in [0.1, 0.15) is 0 Å². The zero-order chi connectivity index (χ0) is 14.1. The number of hydrogen-bond acceptors (Lipinski definition) is 2. The molecule has 3 nitrogen and oxygen atoms in total. The van der Waals surface area contributed by atoms with Crippen molar-refractivity contribution in [1.82, 2.24) is 0 Å². The summed E-state index contributed by atoms with van der Waals surface area (Å²) >= 11 is 5.93. The fourth-order valence-corrected chi connectivity index (χ4v) is 3.95. The first-order valence-corrected chi connectivity index (χ1v) is 7.81. The van der Waals surface area contributed by atoms with E-state index in [-0.39, 0.29) is 0 Å². The first kappa shape index (κ1) is 13.7. The van der Waals surface area contributed by atoms with E-state index in [1.807, 2.05) is 6.07 Å². The second-order valence-corrected chi connectivity index (χ2v) is 6.44. The number of benzene rings is 1. The molecule has 3 rings (SSSR count). The van der Waals surface area contributed by atoms with Crippen LogP contribution in [0.2, 0.25) is 5.02 Å². The Morgan fingerprint density at radius 1 is 1.20 bits per heavy atom. The molecule has 4 heteroatoms. The van der Waals surface area contributed by atoms with Crippen LogP contribution in [0.3, 0.4) is 0 Å². The summed E-state index contributed by atoms with van der Waals surface area (Å²) in [6.45, 7) is 1.95. The highest BCUT2D eigenvalue weighted by molar-refractivity contribution is 6.31. The van der Waals surface area contributed by atoms with Crippen LogP contribution in [0.25, 0.3) is 0 Å². The highest BCUT2D eigenvalue weighted by atomic mass is 35.5. The molecule has 1 saturated carbocycles. The van der Waals surface area contributed by atoms with Gasteiger partial charge in [-0.3, -0.25) is 0 Å². The van der Waals surface area contributed by atoms with Crippen LogP contribution < -0.4 is 4.90 Å². The fourth-order valence-electron chi connectivity index (χ4n) is 3.77. The maximum atomic E-state index is 11.4. The minimum atomic E-state index is -0.895. The van der Waals surface area contributed by atoms with Crippen LogP contribution in [0.5, 0.6) is 0 Å². The van der Waals surface area contributed by atoms with Gasteiger partial charge in [-0.05, 0) is 42.9 Å². The largest absolute Gasteiger partial charge is 0.478 e. The molecule has 1 saturated heterocycles. The van der Waals surface area contributed by atoms with Gasteiger partial charge in [-0.15, -0.1) is 0 Å². The third-order valence-corrected chi connectivity index (χ3v) is 5.06. The molecule has 0 amide bonds. The van der Waals surface area contributed by atoms with Gasteiger partial charge in [-0.2, -0.15) is 0 Å². The smallest absolute Gasteiger partial charge is 0.337 e. The summed E-state index contributed by atoms with van der Waals surface area (Å²) in [6.07, 6.45) is 6.51. The Balaban J connectivity index is 1.84. The molecule has 20 heavy (non-hydrogen) atoms. The van der Waals surface area contributed by atoms with Gasteiger partial charge in [0.05, 0.1) is 11.3 Å². The summed E-state index contributed by atoms with van der Waals surface area (Å²) in [7, 11) is 0. The van der Waals surface area contributed by atoms with Crippen LogP contribution in [-0.4, -0.2) is 24.2 Å². The fraction of sp³-hybridized carbons (Fsp3) is 0.562. The van der Waals surface area contributed by atoms with Gasteiger partial charge < -0.3 is 10.0 Å². The van der Waals surface area contributed by atoms with E-state index in [4.69, 9.17) is 11.6 Å². The molecule has 1 aromatic carbocycles. The van der Waals surface area contributed by atoms with Gasteiger partial charge in [0.2, 0.25) is 0 Å². The van der Waals surface area contributed by atoms with Gasteiger partial charge in [0.25, 0.3) is 0 Å². The molecule has 1 N–H and O–H groups in total. The number of fused-ring (bicyclic) bond motifs is 1. The molecule has 0 bridgehead atoms. The van der Waals surface area contributed by atoms with E-state index >= 15 is 0 Å². The number of piperidine rings is 1. The highest BCUT2D eigenvalue weighted by Crippen LogP contribution is 2.38. The van der Waals surface area contributed by atoms with Crippen molar-refractivity contribution in [3.8, 4) is 0 Å². The maximum absolute atomic E-state index is 11.4. The first-order chi connectivity index (χ1) is 9.65. The van der Waals surface area contributed by atoms with Crippen LogP contribution in [-0.2, 0) is 0 Å². The third kappa shape index (κ3) is 2.64. The summed E-state index contributed by atoms with van der Waals surface area (Å²) in [5.41, 5.74) is 1.15.